The molecule has 2 aromatic rings. The van der Waals surface area contributed by atoms with Crippen molar-refractivity contribution in [1.29, 1.82) is 0 Å². The third kappa shape index (κ3) is 2.95. The molecule has 94 valence electrons. The smallest absolute Gasteiger partial charge is 0.0471 e. The molecule has 0 saturated carbocycles. The van der Waals surface area contributed by atoms with Gasteiger partial charge in [0.15, 0.2) is 0 Å². The Kier molecular flexibility index (Phi) is 4.45. The molecule has 0 bridgehead atoms. The fourth-order valence-electron chi connectivity index (χ4n) is 1.82. The summed E-state index contributed by atoms with van der Waals surface area (Å²) in [7, 11) is 0. The molecule has 0 spiro atoms. The Hall–Kier alpha value is -0.400. The van der Waals surface area contributed by atoms with Crippen LogP contribution in [0, 0.1) is 6.92 Å². The standard InChI is InChI=1S/C14H10Cl4/c1-8-5-10(15)6-9(14(8)18)7-11-12(16)3-2-4-13(11)17/h2-6H,7H2,1H3. The number of benzene rings is 2. The van der Waals surface area contributed by atoms with Crippen molar-refractivity contribution in [3.63, 3.8) is 0 Å². The molecule has 0 aliphatic carbocycles. The molecule has 0 aromatic heterocycles. The van der Waals surface area contributed by atoms with Crippen LogP contribution in [0.15, 0.2) is 30.3 Å². The summed E-state index contributed by atoms with van der Waals surface area (Å²) in [5.41, 5.74) is 2.74. The zero-order valence-corrected chi connectivity index (χ0v) is 12.6. The molecule has 0 fully saturated rings. The minimum Gasteiger partial charge on any atom is -0.0843 e. The second kappa shape index (κ2) is 5.71. The normalized spacial score (nSPS) is 10.7. The largest absolute Gasteiger partial charge is 0.0843 e. The Bertz CT molecular complexity index is 570. The summed E-state index contributed by atoms with van der Waals surface area (Å²) in [6.07, 6.45) is 0.568. The van der Waals surface area contributed by atoms with Gasteiger partial charge in [0.25, 0.3) is 0 Å². The Labute approximate surface area is 126 Å². The maximum absolute atomic E-state index is 6.27. The van der Waals surface area contributed by atoms with Crippen LogP contribution in [-0.4, -0.2) is 0 Å². The van der Waals surface area contributed by atoms with Crippen molar-refractivity contribution in [2.24, 2.45) is 0 Å². The van der Waals surface area contributed by atoms with Crippen LogP contribution in [0.4, 0.5) is 0 Å². The average Bonchev–Trinajstić information content (AvgIpc) is 2.30. The van der Waals surface area contributed by atoms with Crippen LogP contribution in [-0.2, 0) is 6.42 Å². The van der Waals surface area contributed by atoms with Gasteiger partial charge in [0, 0.05) is 26.5 Å². The summed E-state index contributed by atoms with van der Waals surface area (Å²) in [4.78, 5) is 0. The Morgan fingerprint density at radius 3 is 2.17 bits per heavy atom. The molecule has 18 heavy (non-hydrogen) atoms. The van der Waals surface area contributed by atoms with Crippen molar-refractivity contribution in [3.05, 3.63) is 67.1 Å². The SMILES string of the molecule is Cc1cc(Cl)cc(Cc2c(Cl)cccc2Cl)c1Cl. The van der Waals surface area contributed by atoms with E-state index in [0.29, 0.717) is 26.5 Å². The van der Waals surface area contributed by atoms with E-state index in [1.807, 2.05) is 37.3 Å². The summed E-state index contributed by atoms with van der Waals surface area (Å²) < 4.78 is 0. The maximum Gasteiger partial charge on any atom is 0.0471 e. The molecular formula is C14H10Cl4. The van der Waals surface area contributed by atoms with E-state index < -0.39 is 0 Å². The van der Waals surface area contributed by atoms with Crippen molar-refractivity contribution >= 4 is 46.4 Å². The molecule has 2 aromatic carbocycles. The molecule has 0 amide bonds. The summed E-state index contributed by atoms with van der Waals surface area (Å²) in [6, 6.07) is 9.12. The van der Waals surface area contributed by atoms with Crippen molar-refractivity contribution in [3.8, 4) is 0 Å². The molecule has 0 saturated heterocycles. The maximum atomic E-state index is 6.27. The first kappa shape index (κ1) is 14.0. The fraction of sp³-hybridized carbons (Fsp3) is 0.143. The molecule has 0 aliphatic heterocycles. The highest BCUT2D eigenvalue weighted by atomic mass is 35.5. The zero-order valence-electron chi connectivity index (χ0n) is 9.61. The van der Waals surface area contributed by atoms with Gasteiger partial charge in [0.05, 0.1) is 0 Å². The lowest BCUT2D eigenvalue weighted by Gasteiger charge is -2.11. The number of halogens is 4. The highest BCUT2D eigenvalue weighted by Gasteiger charge is 2.11. The van der Waals surface area contributed by atoms with Crippen LogP contribution in [0.1, 0.15) is 16.7 Å². The van der Waals surface area contributed by atoms with Crippen LogP contribution >= 0.6 is 46.4 Å². The predicted octanol–water partition coefficient (Wildman–Crippen LogP) is 6.20. The monoisotopic (exact) mass is 318 g/mol. The van der Waals surface area contributed by atoms with E-state index >= 15 is 0 Å². The highest BCUT2D eigenvalue weighted by molar-refractivity contribution is 6.36. The highest BCUT2D eigenvalue weighted by Crippen LogP contribution is 2.32. The summed E-state index contributed by atoms with van der Waals surface area (Å²) in [5.74, 6) is 0. The first-order chi connectivity index (χ1) is 8.49. The van der Waals surface area contributed by atoms with E-state index in [0.717, 1.165) is 16.7 Å². The van der Waals surface area contributed by atoms with Crippen LogP contribution in [0.5, 0.6) is 0 Å². The molecule has 0 heterocycles. The summed E-state index contributed by atoms with van der Waals surface area (Å²) >= 11 is 24.6. The van der Waals surface area contributed by atoms with Gasteiger partial charge in [-0.3, -0.25) is 0 Å². The number of hydrogen-bond donors (Lipinski definition) is 0. The lowest BCUT2D eigenvalue weighted by atomic mass is 10.0. The quantitative estimate of drug-likeness (QED) is 0.618. The topological polar surface area (TPSA) is 0 Å². The Balaban J connectivity index is 2.46. The minimum absolute atomic E-state index is 0.568. The number of hydrogen-bond acceptors (Lipinski definition) is 0. The van der Waals surface area contributed by atoms with Gasteiger partial charge in [-0.05, 0) is 47.9 Å². The molecule has 4 heteroatoms. The van der Waals surface area contributed by atoms with Crippen molar-refractivity contribution in [1.82, 2.24) is 0 Å². The lowest BCUT2D eigenvalue weighted by Crippen LogP contribution is -1.94. The third-order valence-corrected chi connectivity index (χ3v) is 4.19. The van der Waals surface area contributed by atoms with Gasteiger partial charge in [-0.2, -0.15) is 0 Å². The first-order valence-corrected chi connectivity index (χ1v) is 6.87. The summed E-state index contributed by atoms with van der Waals surface area (Å²) in [6.45, 7) is 1.92. The second-order valence-corrected chi connectivity index (χ2v) is 5.70. The molecule has 0 N–H and O–H groups in total. The summed E-state index contributed by atoms with van der Waals surface area (Å²) in [5, 5.41) is 2.64. The molecule has 0 nitrogen and oxygen atoms in total. The average molecular weight is 320 g/mol. The van der Waals surface area contributed by atoms with Gasteiger partial charge in [0.1, 0.15) is 0 Å². The van der Waals surface area contributed by atoms with Crippen molar-refractivity contribution in [2.45, 2.75) is 13.3 Å². The van der Waals surface area contributed by atoms with Gasteiger partial charge in [0.2, 0.25) is 0 Å². The van der Waals surface area contributed by atoms with E-state index in [1.165, 1.54) is 0 Å². The van der Waals surface area contributed by atoms with Crippen LogP contribution in [0.3, 0.4) is 0 Å². The van der Waals surface area contributed by atoms with E-state index in [-0.39, 0.29) is 0 Å². The zero-order chi connectivity index (χ0) is 13.3. The van der Waals surface area contributed by atoms with Gasteiger partial charge in [-0.25, -0.2) is 0 Å². The van der Waals surface area contributed by atoms with Crippen LogP contribution in [0.2, 0.25) is 20.1 Å². The van der Waals surface area contributed by atoms with E-state index in [4.69, 9.17) is 46.4 Å². The van der Waals surface area contributed by atoms with E-state index in [1.54, 1.807) is 0 Å². The van der Waals surface area contributed by atoms with Crippen LogP contribution < -0.4 is 0 Å². The van der Waals surface area contributed by atoms with Crippen molar-refractivity contribution in [2.75, 3.05) is 0 Å². The Morgan fingerprint density at radius 1 is 0.944 bits per heavy atom. The van der Waals surface area contributed by atoms with Gasteiger partial charge < -0.3 is 0 Å². The molecule has 0 radical (unpaired) electrons. The van der Waals surface area contributed by atoms with Gasteiger partial charge >= 0.3 is 0 Å². The first-order valence-electron chi connectivity index (χ1n) is 5.36. The predicted molar refractivity (Wildman–Crippen MR) is 80.5 cm³/mol. The van der Waals surface area contributed by atoms with E-state index in [2.05, 4.69) is 0 Å². The Morgan fingerprint density at radius 2 is 1.56 bits per heavy atom. The minimum atomic E-state index is 0.568. The lowest BCUT2D eigenvalue weighted by molar-refractivity contribution is 1.18. The van der Waals surface area contributed by atoms with Crippen molar-refractivity contribution < 1.29 is 0 Å². The van der Waals surface area contributed by atoms with Crippen LogP contribution in [0.25, 0.3) is 0 Å². The second-order valence-electron chi connectivity index (χ2n) is 4.07. The number of aryl methyl sites for hydroxylation is 1. The number of rotatable bonds is 2. The van der Waals surface area contributed by atoms with Gasteiger partial charge in [-0.1, -0.05) is 52.5 Å². The molecule has 2 rings (SSSR count). The van der Waals surface area contributed by atoms with Gasteiger partial charge in [-0.15, -0.1) is 0 Å². The molecule has 0 atom stereocenters. The van der Waals surface area contributed by atoms with E-state index in [9.17, 15) is 0 Å². The molecular weight excluding hydrogens is 310 g/mol. The third-order valence-electron chi connectivity index (χ3n) is 2.72. The molecule has 0 aliphatic rings. The molecule has 0 unspecified atom stereocenters. The fourth-order valence-corrected chi connectivity index (χ4v) is 2.82.